The summed E-state index contributed by atoms with van der Waals surface area (Å²) in [5.41, 5.74) is 0.263. The van der Waals surface area contributed by atoms with Crippen LogP contribution in [0.25, 0.3) is 0 Å². The van der Waals surface area contributed by atoms with Crippen molar-refractivity contribution in [3.8, 4) is 6.07 Å². The SMILES string of the molecule is CN(Cc1cccc(Br)c1)C(=O)C1(C#N)CCCCCC1. The van der Waals surface area contributed by atoms with Crippen LogP contribution in [0.4, 0.5) is 0 Å². The minimum Gasteiger partial charge on any atom is -0.340 e. The van der Waals surface area contributed by atoms with E-state index in [1.165, 1.54) is 0 Å². The highest BCUT2D eigenvalue weighted by Crippen LogP contribution is 2.36. The van der Waals surface area contributed by atoms with E-state index in [0.717, 1.165) is 35.7 Å². The maximum Gasteiger partial charge on any atom is 0.243 e. The van der Waals surface area contributed by atoms with E-state index >= 15 is 0 Å². The second kappa shape index (κ2) is 7.09. The van der Waals surface area contributed by atoms with Crippen LogP contribution < -0.4 is 0 Å². The van der Waals surface area contributed by atoms with Gasteiger partial charge in [0.25, 0.3) is 0 Å². The minimum atomic E-state index is -0.808. The van der Waals surface area contributed by atoms with Gasteiger partial charge in [-0.1, -0.05) is 53.7 Å². The number of carbonyl (C=O) groups excluding carboxylic acids is 1. The molecular weight excluding hydrogens is 328 g/mol. The van der Waals surface area contributed by atoms with Gasteiger partial charge in [0, 0.05) is 18.1 Å². The van der Waals surface area contributed by atoms with Gasteiger partial charge in [-0.05, 0) is 30.5 Å². The van der Waals surface area contributed by atoms with E-state index in [0.29, 0.717) is 19.4 Å². The number of benzene rings is 1. The Labute approximate surface area is 135 Å². The van der Waals surface area contributed by atoms with Gasteiger partial charge in [-0.2, -0.15) is 5.26 Å². The van der Waals surface area contributed by atoms with E-state index in [1.807, 2.05) is 24.3 Å². The Hall–Kier alpha value is -1.34. The molecule has 3 nitrogen and oxygen atoms in total. The Kier molecular flexibility index (Phi) is 5.41. The monoisotopic (exact) mass is 348 g/mol. The van der Waals surface area contributed by atoms with Crippen molar-refractivity contribution in [2.45, 2.75) is 45.1 Å². The third kappa shape index (κ3) is 3.85. The van der Waals surface area contributed by atoms with Crippen LogP contribution >= 0.6 is 15.9 Å². The predicted molar refractivity (Wildman–Crippen MR) is 86.4 cm³/mol. The number of amides is 1. The lowest BCUT2D eigenvalue weighted by molar-refractivity contribution is -0.138. The maximum absolute atomic E-state index is 12.8. The second-order valence-electron chi connectivity index (χ2n) is 5.90. The Morgan fingerprint density at radius 1 is 1.33 bits per heavy atom. The highest BCUT2D eigenvalue weighted by molar-refractivity contribution is 9.10. The van der Waals surface area contributed by atoms with Gasteiger partial charge >= 0.3 is 0 Å². The topological polar surface area (TPSA) is 44.1 Å². The molecule has 0 N–H and O–H groups in total. The normalized spacial score (nSPS) is 17.6. The molecule has 0 atom stereocenters. The molecule has 0 aromatic heterocycles. The average Bonchev–Trinajstić information content (AvgIpc) is 2.72. The van der Waals surface area contributed by atoms with E-state index in [2.05, 4.69) is 22.0 Å². The molecule has 0 aliphatic heterocycles. The van der Waals surface area contributed by atoms with Crippen molar-refractivity contribution in [2.75, 3.05) is 7.05 Å². The van der Waals surface area contributed by atoms with Crippen LogP contribution in [-0.4, -0.2) is 17.9 Å². The smallest absolute Gasteiger partial charge is 0.243 e. The summed E-state index contributed by atoms with van der Waals surface area (Å²) < 4.78 is 1.00. The van der Waals surface area contributed by atoms with E-state index in [1.54, 1.807) is 11.9 Å². The van der Waals surface area contributed by atoms with Crippen molar-refractivity contribution in [3.63, 3.8) is 0 Å². The van der Waals surface area contributed by atoms with Crippen molar-refractivity contribution < 1.29 is 4.79 Å². The Morgan fingerprint density at radius 2 is 2.00 bits per heavy atom. The molecule has 0 saturated heterocycles. The van der Waals surface area contributed by atoms with Crippen LogP contribution in [0.1, 0.15) is 44.1 Å². The molecule has 1 aliphatic rings. The summed E-state index contributed by atoms with van der Waals surface area (Å²) in [7, 11) is 1.80. The lowest BCUT2D eigenvalue weighted by Gasteiger charge is -2.29. The predicted octanol–water partition coefficient (Wildman–Crippen LogP) is 4.27. The summed E-state index contributed by atoms with van der Waals surface area (Å²) in [6.07, 6.45) is 5.61. The third-order valence-corrected chi connectivity index (χ3v) is 4.73. The molecule has 2 rings (SSSR count). The standard InChI is InChI=1S/C17H21BrN2O/c1-20(12-14-7-6-8-15(18)11-14)16(21)17(13-19)9-4-2-3-5-10-17/h6-8,11H,2-5,9-10,12H2,1H3. The van der Waals surface area contributed by atoms with Gasteiger partial charge in [0.05, 0.1) is 6.07 Å². The number of rotatable bonds is 3. The molecule has 1 aliphatic carbocycles. The molecule has 1 aromatic carbocycles. The number of halogens is 1. The number of carbonyl (C=O) groups is 1. The van der Waals surface area contributed by atoms with Crippen molar-refractivity contribution in [3.05, 3.63) is 34.3 Å². The molecule has 0 radical (unpaired) electrons. The van der Waals surface area contributed by atoms with Crippen molar-refractivity contribution >= 4 is 21.8 Å². The molecule has 0 bridgehead atoms. The first-order valence-corrected chi connectivity index (χ1v) is 8.28. The molecule has 0 spiro atoms. The zero-order valence-corrected chi connectivity index (χ0v) is 14.0. The number of nitrogens with zero attached hydrogens (tertiary/aromatic N) is 2. The van der Waals surface area contributed by atoms with E-state index < -0.39 is 5.41 Å². The molecule has 1 aromatic rings. The third-order valence-electron chi connectivity index (χ3n) is 4.24. The zero-order chi connectivity index (χ0) is 15.3. The van der Waals surface area contributed by atoms with Crippen LogP contribution in [0.15, 0.2) is 28.7 Å². The average molecular weight is 349 g/mol. The fraction of sp³-hybridized carbons (Fsp3) is 0.529. The Bertz CT molecular complexity index is 542. The molecule has 0 heterocycles. The zero-order valence-electron chi connectivity index (χ0n) is 12.4. The van der Waals surface area contributed by atoms with Gasteiger partial charge in [0.15, 0.2) is 0 Å². The van der Waals surface area contributed by atoms with Crippen molar-refractivity contribution in [1.29, 1.82) is 5.26 Å². The largest absolute Gasteiger partial charge is 0.340 e. The lowest BCUT2D eigenvalue weighted by atomic mass is 9.80. The molecule has 1 fully saturated rings. The lowest BCUT2D eigenvalue weighted by Crippen LogP contribution is -2.40. The second-order valence-corrected chi connectivity index (χ2v) is 6.81. The fourth-order valence-electron chi connectivity index (χ4n) is 3.05. The molecule has 112 valence electrons. The summed E-state index contributed by atoms with van der Waals surface area (Å²) >= 11 is 3.44. The van der Waals surface area contributed by atoms with Crippen LogP contribution in [0.2, 0.25) is 0 Å². The number of hydrogen-bond acceptors (Lipinski definition) is 2. The molecule has 0 unspecified atom stereocenters. The highest BCUT2D eigenvalue weighted by Gasteiger charge is 2.40. The van der Waals surface area contributed by atoms with Gasteiger partial charge in [-0.25, -0.2) is 0 Å². The van der Waals surface area contributed by atoms with Crippen LogP contribution in [0.3, 0.4) is 0 Å². The van der Waals surface area contributed by atoms with Gasteiger partial charge in [-0.3, -0.25) is 4.79 Å². The fourth-order valence-corrected chi connectivity index (χ4v) is 3.50. The van der Waals surface area contributed by atoms with E-state index in [9.17, 15) is 10.1 Å². The summed E-state index contributed by atoms with van der Waals surface area (Å²) in [5, 5.41) is 9.59. The first kappa shape index (κ1) is 16.0. The van der Waals surface area contributed by atoms with Gasteiger partial charge in [0.2, 0.25) is 5.91 Å². The van der Waals surface area contributed by atoms with Gasteiger partial charge in [-0.15, -0.1) is 0 Å². The summed E-state index contributed by atoms with van der Waals surface area (Å²) in [5.74, 6) is -0.0214. The first-order chi connectivity index (χ1) is 10.1. The van der Waals surface area contributed by atoms with Crippen LogP contribution in [0, 0.1) is 16.7 Å². The Balaban J connectivity index is 2.11. The summed E-state index contributed by atoms with van der Waals surface area (Å²) in [6, 6.07) is 10.3. The van der Waals surface area contributed by atoms with Crippen LogP contribution in [0.5, 0.6) is 0 Å². The van der Waals surface area contributed by atoms with Gasteiger partial charge in [0.1, 0.15) is 5.41 Å². The Morgan fingerprint density at radius 3 is 2.57 bits per heavy atom. The van der Waals surface area contributed by atoms with E-state index in [4.69, 9.17) is 0 Å². The van der Waals surface area contributed by atoms with Crippen LogP contribution in [-0.2, 0) is 11.3 Å². The summed E-state index contributed by atoms with van der Waals surface area (Å²) in [6.45, 7) is 0.543. The molecule has 4 heteroatoms. The summed E-state index contributed by atoms with van der Waals surface area (Å²) in [4.78, 5) is 14.5. The molecule has 1 amide bonds. The molecule has 21 heavy (non-hydrogen) atoms. The molecular formula is C17H21BrN2O. The number of hydrogen-bond donors (Lipinski definition) is 0. The van der Waals surface area contributed by atoms with E-state index in [-0.39, 0.29) is 5.91 Å². The quantitative estimate of drug-likeness (QED) is 0.765. The number of nitriles is 1. The molecule has 1 saturated carbocycles. The first-order valence-electron chi connectivity index (χ1n) is 7.49. The van der Waals surface area contributed by atoms with Crippen molar-refractivity contribution in [1.82, 2.24) is 4.90 Å². The maximum atomic E-state index is 12.8. The minimum absolute atomic E-state index is 0.0214. The highest BCUT2D eigenvalue weighted by atomic mass is 79.9. The van der Waals surface area contributed by atoms with Gasteiger partial charge < -0.3 is 4.90 Å². The van der Waals surface area contributed by atoms with Crippen molar-refractivity contribution in [2.24, 2.45) is 5.41 Å².